The first-order valence-electron chi connectivity index (χ1n) is 4.85. The van der Waals surface area contributed by atoms with E-state index in [-0.39, 0.29) is 0 Å². The normalized spacial score (nSPS) is 11.8. The van der Waals surface area contributed by atoms with Gasteiger partial charge in [0.2, 0.25) is 0 Å². The molecular formula is C11H19O. The molecule has 69 valence electrons. The van der Waals surface area contributed by atoms with Crippen LogP contribution in [0.2, 0.25) is 0 Å². The smallest absolute Gasteiger partial charge is 0.142 e. The third-order valence-electron chi connectivity index (χ3n) is 1.80. The van der Waals surface area contributed by atoms with Crippen molar-refractivity contribution in [1.29, 1.82) is 0 Å². The molecule has 0 bridgehead atoms. The molecule has 0 fully saturated rings. The Balaban J connectivity index is 3.00. The molecule has 0 saturated carbocycles. The summed E-state index contributed by atoms with van der Waals surface area (Å²) in [6.45, 7) is 2.22. The van der Waals surface area contributed by atoms with Gasteiger partial charge in [-0.05, 0) is 18.9 Å². The van der Waals surface area contributed by atoms with Crippen LogP contribution in [0.25, 0.3) is 0 Å². The maximum absolute atomic E-state index is 9.87. The predicted molar refractivity (Wildman–Crippen MR) is 52.3 cm³/mol. The fourth-order valence-electron chi connectivity index (χ4n) is 1.09. The van der Waals surface area contributed by atoms with Gasteiger partial charge in [-0.3, -0.25) is 5.11 Å². The summed E-state index contributed by atoms with van der Waals surface area (Å²) in [5, 5.41) is 9.87. The van der Waals surface area contributed by atoms with Crippen LogP contribution in [0.3, 0.4) is 0 Å². The zero-order valence-electron chi connectivity index (χ0n) is 7.96. The predicted octanol–water partition coefficient (Wildman–Crippen LogP) is 3.85. The van der Waals surface area contributed by atoms with Gasteiger partial charge in [-0.1, -0.05) is 44.8 Å². The van der Waals surface area contributed by atoms with Gasteiger partial charge >= 0.3 is 0 Å². The highest BCUT2D eigenvalue weighted by Gasteiger charge is 1.85. The molecule has 0 spiro atoms. The van der Waals surface area contributed by atoms with Gasteiger partial charge in [-0.15, -0.1) is 0 Å². The number of rotatable bonds is 7. The van der Waals surface area contributed by atoms with Crippen molar-refractivity contribution in [1.82, 2.24) is 0 Å². The summed E-state index contributed by atoms with van der Waals surface area (Å²) < 4.78 is 0. The van der Waals surface area contributed by atoms with Gasteiger partial charge in [0.1, 0.15) is 6.26 Å². The molecule has 0 aliphatic carbocycles. The van der Waals surface area contributed by atoms with E-state index < -0.39 is 0 Å². The standard InChI is InChI=1S/C11H19O/c1-2-3-4-5-6-7-8-9-10-11-12/h8-11H,2-7H2,1H3/b9-8+,11-10+. The SMILES string of the molecule is CCCCCCC/C=C/C=C/[O]. The molecule has 0 rings (SSSR count). The van der Waals surface area contributed by atoms with Gasteiger partial charge in [0.25, 0.3) is 0 Å². The van der Waals surface area contributed by atoms with Crippen molar-refractivity contribution in [3.05, 3.63) is 24.5 Å². The highest BCUT2D eigenvalue weighted by atomic mass is 16.2. The molecule has 0 aliphatic rings. The average Bonchev–Trinajstić information content (AvgIpc) is 2.10. The highest BCUT2D eigenvalue weighted by Crippen LogP contribution is 2.05. The molecule has 0 aromatic carbocycles. The maximum atomic E-state index is 9.87. The van der Waals surface area contributed by atoms with Crippen LogP contribution in [-0.2, 0) is 5.11 Å². The third-order valence-corrected chi connectivity index (χ3v) is 1.80. The van der Waals surface area contributed by atoms with Gasteiger partial charge < -0.3 is 0 Å². The maximum Gasteiger partial charge on any atom is 0.142 e. The average molecular weight is 167 g/mol. The molecule has 0 aliphatic heterocycles. The van der Waals surface area contributed by atoms with Gasteiger partial charge in [-0.2, -0.15) is 0 Å². The minimum absolute atomic E-state index is 0.813. The molecule has 1 radical (unpaired) electrons. The second-order valence-corrected chi connectivity index (χ2v) is 2.96. The highest BCUT2D eigenvalue weighted by molar-refractivity contribution is 4.98. The Morgan fingerprint density at radius 3 is 2.42 bits per heavy atom. The number of hydrogen-bond acceptors (Lipinski definition) is 0. The van der Waals surface area contributed by atoms with Crippen LogP contribution in [0.4, 0.5) is 0 Å². The molecule has 0 N–H and O–H groups in total. The van der Waals surface area contributed by atoms with Gasteiger partial charge in [-0.25, -0.2) is 0 Å². The fraction of sp³-hybridized carbons (Fsp3) is 0.636. The lowest BCUT2D eigenvalue weighted by atomic mass is 10.1. The van der Waals surface area contributed by atoms with Crippen LogP contribution in [0.15, 0.2) is 24.5 Å². The van der Waals surface area contributed by atoms with Crippen LogP contribution < -0.4 is 0 Å². The van der Waals surface area contributed by atoms with Crippen molar-refractivity contribution in [3.8, 4) is 0 Å². The van der Waals surface area contributed by atoms with Gasteiger partial charge in [0.05, 0.1) is 0 Å². The fourth-order valence-corrected chi connectivity index (χ4v) is 1.09. The summed E-state index contributed by atoms with van der Waals surface area (Å²) in [6, 6.07) is 0. The Morgan fingerprint density at radius 2 is 1.75 bits per heavy atom. The minimum atomic E-state index is 0.813. The van der Waals surface area contributed by atoms with E-state index in [1.165, 1.54) is 38.2 Å². The lowest BCUT2D eigenvalue weighted by Crippen LogP contribution is -1.75. The van der Waals surface area contributed by atoms with Crippen LogP contribution in [0.5, 0.6) is 0 Å². The Hall–Kier alpha value is -0.720. The number of unbranched alkanes of at least 4 members (excludes halogenated alkanes) is 5. The minimum Gasteiger partial charge on any atom is -0.299 e. The van der Waals surface area contributed by atoms with E-state index in [9.17, 15) is 5.11 Å². The third kappa shape index (κ3) is 9.28. The Morgan fingerprint density at radius 1 is 1.00 bits per heavy atom. The van der Waals surface area contributed by atoms with Crippen molar-refractivity contribution >= 4 is 0 Å². The number of allylic oxidation sites excluding steroid dienone is 3. The first-order chi connectivity index (χ1) is 5.91. The van der Waals surface area contributed by atoms with Crippen molar-refractivity contribution in [2.75, 3.05) is 0 Å². The van der Waals surface area contributed by atoms with Crippen LogP contribution in [0, 0.1) is 0 Å². The van der Waals surface area contributed by atoms with Crippen molar-refractivity contribution in [3.63, 3.8) is 0 Å². The molecule has 0 aromatic rings. The molecule has 0 amide bonds. The lowest BCUT2D eigenvalue weighted by Gasteiger charge is -1.95. The Kier molecular flexibility index (Phi) is 9.66. The van der Waals surface area contributed by atoms with E-state index in [2.05, 4.69) is 13.0 Å². The molecule has 12 heavy (non-hydrogen) atoms. The van der Waals surface area contributed by atoms with E-state index in [0.29, 0.717) is 0 Å². The van der Waals surface area contributed by atoms with E-state index in [4.69, 9.17) is 0 Å². The Bertz CT molecular complexity index is 125. The summed E-state index contributed by atoms with van der Waals surface area (Å²) in [7, 11) is 0. The summed E-state index contributed by atoms with van der Waals surface area (Å²) in [6.07, 6.45) is 13.9. The quantitative estimate of drug-likeness (QED) is 0.312. The van der Waals surface area contributed by atoms with E-state index >= 15 is 0 Å². The van der Waals surface area contributed by atoms with E-state index in [1.807, 2.05) is 6.08 Å². The molecule has 0 heterocycles. The second kappa shape index (κ2) is 10.3. The van der Waals surface area contributed by atoms with E-state index in [1.54, 1.807) is 0 Å². The van der Waals surface area contributed by atoms with Gasteiger partial charge in [0.15, 0.2) is 0 Å². The molecule has 0 atom stereocenters. The first-order valence-corrected chi connectivity index (χ1v) is 4.85. The zero-order valence-corrected chi connectivity index (χ0v) is 7.96. The van der Waals surface area contributed by atoms with Crippen molar-refractivity contribution in [2.45, 2.75) is 45.4 Å². The molecular weight excluding hydrogens is 148 g/mol. The second-order valence-electron chi connectivity index (χ2n) is 2.96. The molecule has 0 unspecified atom stereocenters. The molecule has 0 saturated heterocycles. The topological polar surface area (TPSA) is 19.9 Å². The summed E-state index contributed by atoms with van der Waals surface area (Å²) >= 11 is 0. The summed E-state index contributed by atoms with van der Waals surface area (Å²) in [4.78, 5) is 0. The van der Waals surface area contributed by atoms with Crippen molar-refractivity contribution < 1.29 is 5.11 Å². The number of hydrogen-bond donors (Lipinski definition) is 0. The monoisotopic (exact) mass is 167 g/mol. The Labute approximate surface area is 75.8 Å². The molecule has 1 nitrogen and oxygen atoms in total. The van der Waals surface area contributed by atoms with Crippen molar-refractivity contribution in [2.24, 2.45) is 0 Å². The van der Waals surface area contributed by atoms with E-state index in [0.717, 1.165) is 12.7 Å². The first kappa shape index (κ1) is 11.3. The largest absolute Gasteiger partial charge is 0.299 e. The van der Waals surface area contributed by atoms with Crippen LogP contribution in [-0.4, -0.2) is 0 Å². The summed E-state index contributed by atoms with van der Waals surface area (Å²) in [5.41, 5.74) is 0. The zero-order chi connectivity index (χ0) is 9.07. The van der Waals surface area contributed by atoms with Gasteiger partial charge in [0, 0.05) is 0 Å². The van der Waals surface area contributed by atoms with Crippen LogP contribution in [0.1, 0.15) is 45.4 Å². The molecule has 0 aromatic heterocycles. The summed E-state index contributed by atoms with van der Waals surface area (Å²) in [5.74, 6) is 0. The lowest BCUT2D eigenvalue weighted by molar-refractivity contribution is 0.352. The van der Waals surface area contributed by atoms with Crippen LogP contribution >= 0.6 is 0 Å². The molecule has 1 heteroatoms.